The molecule has 1 aromatic carbocycles. The summed E-state index contributed by atoms with van der Waals surface area (Å²) in [6.45, 7) is 9.41. The highest BCUT2D eigenvalue weighted by Gasteiger charge is 2.17. The molecule has 0 bridgehead atoms. The third-order valence-corrected chi connectivity index (χ3v) is 4.11. The summed E-state index contributed by atoms with van der Waals surface area (Å²) < 4.78 is 6.80. The second kappa shape index (κ2) is 8.99. The molecule has 7 nitrogen and oxygen atoms in total. The molecule has 1 amide bonds. The average Bonchev–Trinajstić information content (AvgIpc) is 2.55. The Kier molecular flexibility index (Phi) is 6.94. The number of nitrogens with zero attached hydrogens (tertiary/aromatic N) is 2. The standard InChI is InChI=1S/C21H29N3O4/c1-14(12-15(2)25)13-18-23-17-9-7-6-8-16(17)19(26)24(18)11-10-22-20(27)28-21(3,4)5/h6-9,14H,10-13H2,1-5H3,(H,22,27). The van der Waals surface area contributed by atoms with Crippen molar-refractivity contribution in [3.63, 3.8) is 0 Å². The van der Waals surface area contributed by atoms with Crippen LogP contribution in [0.4, 0.5) is 4.79 Å². The Bertz CT molecular complexity index is 912. The molecule has 28 heavy (non-hydrogen) atoms. The minimum atomic E-state index is -0.585. The van der Waals surface area contributed by atoms with Gasteiger partial charge in [-0.25, -0.2) is 9.78 Å². The zero-order chi connectivity index (χ0) is 20.9. The molecule has 0 saturated heterocycles. The molecule has 1 aromatic heterocycles. The number of hydrogen-bond acceptors (Lipinski definition) is 5. The van der Waals surface area contributed by atoms with Gasteiger partial charge in [0.15, 0.2) is 0 Å². The van der Waals surface area contributed by atoms with Crippen molar-refractivity contribution in [2.24, 2.45) is 5.92 Å². The Hall–Kier alpha value is -2.70. The fraction of sp³-hybridized carbons (Fsp3) is 0.524. The number of hydrogen-bond donors (Lipinski definition) is 1. The number of aromatic nitrogens is 2. The number of benzene rings is 1. The molecule has 0 aliphatic heterocycles. The van der Waals surface area contributed by atoms with Crippen molar-refractivity contribution in [2.75, 3.05) is 6.54 Å². The molecule has 7 heteroatoms. The van der Waals surface area contributed by atoms with Crippen LogP contribution in [0.1, 0.15) is 46.9 Å². The van der Waals surface area contributed by atoms with Crippen LogP contribution in [0.15, 0.2) is 29.1 Å². The fourth-order valence-corrected chi connectivity index (χ4v) is 3.06. The van der Waals surface area contributed by atoms with Crippen LogP contribution in [0.25, 0.3) is 10.9 Å². The van der Waals surface area contributed by atoms with Crippen LogP contribution >= 0.6 is 0 Å². The SMILES string of the molecule is CC(=O)CC(C)Cc1nc2ccccc2c(=O)n1CCNC(=O)OC(C)(C)C. The molecule has 152 valence electrons. The minimum Gasteiger partial charge on any atom is -0.444 e. The Balaban J connectivity index is 2.24. The molecule has 1 atom stereocenters. The molecule has 2 aromatic rings. The van der Waals surface area contributed by atoms with E-state index in [1.165, 1.54) is 0 Å². The number of rotatable bonds is 7. The molecule has 0 fully saturated rings. The van der Waals surface area contributed by atoms with Crippen molar-refractivity contribution in [3.8, 4) is 0 Å². The highest BCUT2D eigenvalue weighted by atomic mass is 16.6. The minimum absolute atomic E-state index is 0.0654. The average molecular weight is 387 g/mol. The van der Waals surface area contributed by atoms with Crippen LogP contribution in [-0.4, -0.2) is 33.6 Å². The molecule has 1 N–H and O–H groups in total. The van der Waals surface area contributed by atoms with Gasteiger partial charge in [0.1, 0.15) is 17.2 Å². The number of fused-ring (bicyclic) bond motifs is 1. The van der Waals surface area contributed by atoms with E-state index in [4.69, 9.17) is 4.74 Å². The molecule has 0 aliphatic carbocycles. The lowest BCUT2D eigenvalue weighted by Crippen LogP contribution is -2.36. The molecule has 1 heterocycles. The third kappa shape index (κ3) is 6.18. The third-order valence-electron chi connectivity index (χ3n) is 4.11. The summed E-state index contributed by atoms with van der Waals surface area (Å²) in [5, 5.41) is 3.20. The lowest BCUT2D eigenvalue weighted by molar-refractivity contribution is -0.117. The van der Waals surface area contributed by atoms with E-state index < -0.39 is 11.7 Å². The summed E-state index contributed by atoms with van der Waals surface area (Å²) in [4.78, 5) is 40.9. The van der Waals surface area contributed by atoms with Crippen molar-refractivity contribution in [1.82, 2.24) is 14.9 Å². The van der Waals surface area contributed by atoms with Crippen LogP contribution in [-0.2, 0) is 22.5 Å². The van der Waals surface area contributed by atoms with Gasteiger partial charge in [-0.15, -0.1) is 0 Å². The predicted molar refractivity (Wildman–Crippen MR) is 108 cm³/mol. The highest BCUT2D eigenvalue weighted by molar-refractivity contribution is 5.77. The normalized spacial score (nSPS) is 12.6. The van der Waals surface area contributed by atoms with Gasteiger partial charge >= 0.3 is 6.09 Å². The lowest BCUT2D eigenvalue weighted by atomic mass is 10.0. The number of carbonyl (C=O) groups is 2. The predicted octanol–water partition coefficient (Wildman–Crippen LogP) is 3.08. The first-order valence-electron chi connectivity index (χ1n) is 9.51. The molecular formula is C21H29N3O4. The number of carbonyl (C=O) groups excluding carboxylic acids is 2. The molecule has 1 unspecified atom stereocenters. The zero-order valence-corrected chi connectivity index (χ0v) is 17.2. The first kappa shape index (κ1) is 21.6. The first-order valence-corrected chi connectivity index (χ1v) is 9.51. The van der Waals surface area contributed by atoms with Crippen LogP contribution in [0.2, 0.25) is 0 Å². The van der Waals surface area contributed by atoms with Crippen LogP contribution in [0, 0.1) is 5.92 Å². The second-order valence-electron chi connectivity index (χ2n) is 8.15. The number of ether oxygens (including phenoxy) is 1. The molecule has 0 spiro atoms. The van der Waals surface area contributed by atoms with Gasteiger partial charge in [0.25, 0.3) is 5.56 Å². The van der Waals surface area contributed by atoms with E-state index in [-0.39, 0.29) is 30.3 Å². The van der Waals surface area contributed by atoms with Gasteiger partial charge in [-0.05, 0) is 45.7 Å². The van der Waals surface area contributed by atoms with E-state index in [1.54, 1.807) is 50.5 Å². The first-order chi connectivity index (χ1) is 13.1. The number of ketones is 1. The molecule has 2 rings (SSSR count). The van der Waals surface area contributed by atoms with Crippen LogP contribution in [0.5, 0.6) is 0 Å². The topological polar surface area (TPSA) is 90.3 Å². The van der Waals surface area contributed by atoms with Gasteiger partial charge in [-0.1, -0.05) is 19.1 Å². The maximum absolute atomic E-state index is 13.0. The summed E-state index contributed by atoms with van der Waals surface area (Å²) in [6, 6.07) is 7.18. The number of alkyl carbamates (subject to hydrolysis) is 1. The fourth-order valence-electron chi connectivity index (χ4n) is 3.06. The van der Waals surface area contributed by atoms with Crippen molar-refractivity contribution in [3.05, 3.63) is 40.4 Å². The van der Waals surface area contributed by atoms with Crippen LogP contribution < -0.4 is 10.9 Å². The highest BCUT2D eigenvalue weighted by Crippen LogP contribution is 2.14. The van der Waals surface area contributed by atoms with Gasteiger partial charge in [0.2, 0.25) is 0 Å². The molecule has 0 radical (unpaired) electrons. The zero-order valence-electron chi connectivity index (χ0n) is 17.2. The van der Waals surface area contributed by atoms with Gasteiger partial charge in [-0.3, -0.25) is 9.36 Å². The van der Waals surface area contributed by atoms with E-state index in [1.807, 2.05) is 13.0 Å². The number of amides is 1. The number of para-hydroxylation sites is 1. The van der Waals surface area contributed by atoms with Gasteiger partial charge < -0.3 is 14.8 Å². The van der Waals surface area contributed by atoms with E-state index >= 15 is 0 Å². The molecule has 0 aliphatic rings. The number of Topliss-reactive ketones (excluding diaryl/α,β-unsaturated/α-hetero) is 1. The monoisotopic (exact) mass is 387 g/mol. The second-order valence-corrected chi connectivity index (χ2v) is 8.15. The van der Waals surface area contributed by atoms with Crippen LogP contribution in [0.3, 0.4) is 0 Å². The molecule has 0 saturated carbocycles. The Morgan fingerprint density at radius 2 is 1.93 bits per heavy atom. The largest absolute Gasteiger partial charge is 0.444 e. The summed E-state index contributed by atoms with van der Waals surface area (Å²) in [7, 11) is 0. The van der Waals surface area contributed by atoms with E-state index in [0.717, 1.165) is 0 Å². The van der Waals surface area contributed by atoms with Gasteiger partial charge in [-0.2, -0.15) is 0 Å². The molecular weight excluding hydrogens is 358 g/mol. The maximum Gasteiger partial charge on any atom is 0.407 e. The summed E-state index contributed by atoms with van der Waals surface area (Å²) >= 11 is 0. The van der Waals surface area contributed by atoms with Crippen molar-refractivity contribution >= 4 is 22.8 Å². The Morgan fingerprint density at radius 3 is 2.57 bits per heavy atom. The van der Waals surface area contributed by atoms with Crippen molar-refractivity contribution in [2.45, 2.75) is 59.6 Å². The van der Waals surface area contributed by atoms with Gasteiger partial charge in [0.05, 0.1) is 10.9 Å². The van der Waals surface area contributed by atoms with Crippen molar-refractivity contribution in [1.29, 1.82) is 0 Å². The summed E-state index contributed by atoms with van der Waals surface area (Å²) in [6.07, 6.45) is 0.408. The van der Waals surface area contributed by atoms with E-state index in [9.17, 15) is 14.4 Å². The van der Waals surface area contributed by atoms with E-state index in [2.05, 4.69) is 10.3 Å². The van der Waals surface area contributed by atoms with E-state index in [0.29, 0.717) is 29.6 Å². The Labute approximate surface area is 165 Å². The van der Waals surface area contributed by atoms with Crippen molar-refractivity contribution < 1.29 is 14.3 Å². The summed E-state index contributed by atoms with van der Waals surface area (Å²) in [5.74, 6) is 0.785. The lowest BCUT2D eigenvalue weighted by Gasteiger charge is -2.20. The quantitative estimate of drug-likeness (QED) is 0.788. The van der Waals surface area contributed by atoms with Gasteiger partial charge in [0, 0.05) is 25.9 Å². The summed E-state index contributed by atoms with van der Waals surface area (Å²) in [5.41, 5.74) is -0.103. The smallest absolute Gasteiger partial charge is 0.407 e. The Morgan fingerprint density at radius 1 is 1.25 bits per heavy atom. The number of nitrogens with one attached hydrogen (secondary N) is 1. The maximum atomic E-state index is 13.0.